The van der Waals surface area contributed by atoms with Crippen LogP contribution < -0.4 is 4.90 Å². The molecule has 0 aliphatic carbocycles. The van der Waals surface area contributed by atoms with Crippen molar-refractivity contribution in [1.82, 2.24) is 24.5 Å². The largest absolute Gasteiger partial charge is 0.444 e. The van der Waals surface area contributed by atoms with E-state index in [9.17, 15) is 4.79 Å². The quantitative estimate of drug-likeness (QED) is 0.549. The molecule has 0 N–H and O–H groups in total. The fourth-order valence-electron chi connectivity index (χ4n) is 6.00. The van der Waals surface area contributed by atoms with E-state index >= 15 is 4.39 Å². The minimum atomic E-state index is -0.550. The Balaban J connectivity index is 1.33. The van der Waals surface area contributed by atoms with Gasteiger partial charge in [0, 0.05) is 78.2 Å². The third-order valence-electron chi connectivity index (χ3n) is 8.41. The number of ether oxygens (including phenoxy) is 2. The Morgan fingerprint density at radius 3 is 2.20 bits per heavy atom. The standard InChI is InChI=1S/C30H46FN7O3/c1-22-8-7-9-24(23(22)2)34-10-14-37(15-11-34)28-32-26(35-18-20-40-21-19-35)25(31)27(33(28)6)36-12-16-38(17-13-36)29(39)41-30(3,4)5/h7-9,28H,10-21H2,1-6H3. The number of halogens is 1. The number of amidine groups is 1. The second-order valence-electron chi connectivity index (χ2n) is 12.3. The van der Waals surface area contributed by atoms with Crippen LogP contribution in [0.3, 0.4) is 0 Å². The number of nitrogens with zero attached hydrogens (tertiary/aromatic N) is 7. The number of carbonyl (C=O) groups is 1. The van der Waals surface area contributed by atoms with E-state index in [1.807, 2.05) is 37.6 Å². The van der Waals surface area contributed by atoms with Crippen molar-refractivity contribution in [2.75, 3.05) is 90.6 Å². The molecule has 0 bridgehead atoms. The Morgan fingerprint density at radius 2 is 1.56 bits per heavy atom. The van der Waals surface area contributed by atoms with Crippen LogP contribution in [-0.4, -0.2) is 134 Å². The molecule has 4 aliphatic rings. The number of anilines is 1. The molecule has 0 aromatic heterocycles. The first-order valence-electron chi connectivity index (χ1n) is 14.8. The fourth-order valence-corrected chi connectivity index (χ4v) is 6.00. The van der Waals surface area contributed by atoms with Gasteiger partial charge in [-0.3, -0.25) is 4.90 Å². The Morgan fingerprint density at radius 1 is 0.927 bits per heavy atom. The molecule has 0 saturated carbocycles. The summed E-state index contributed by atoms with van der Waals surface area (Å²) in [6.45, 7) is 17.7. The highest BCUT2D eigenvalue weighted by Gasteiger charge is 2.39. The van der Waals surface area contributed by atoms with Gasteiger partial charge < -0.3 is 34.0 Å². The number of piperazine rings is 2. The number of amides is 1. The lowest BCUT2D eigenvalue weighted by Gasteiger charge is -2.48. The molecule has 226 valence electrons. The zero-order chi connectivity index (χ0) is 29.3. The van der Waals surface area contributed by atoms with Crippen LogP contribution in [0.2, 0.25) is 0 Å². The van der Waals surface area contributed by atoms with E-state index in [1.165, 1.54) is 16.8 Å². The molecule has 5 rings (SSSR count). The summed E-state index contributed by atoms with van der Waals surface area (Å²) in [5, 5.41) is 0. The highest BCUT2D eigenvalue weighted by molar-refractivity contribution is 5.97. The molecule has 10 nitrogen and oxygen atoms in total. The van der Waals surface area contributed by atoms with Gasteiger partial charge in [0.05, 0.1) is 13.2 Å². The summed E-state index contributed by atoms with van der Waals surface area (Å²) in [4.78, 5) is 30.2. The van der Waals surface area contributed by atoms with E-state index in [2.05, 4.69) is 46.7 Å². The minimum absolute atomic E-state index is 0.301. The fraction of sp³-hybridized carbons (Fsp3) is 0.667. The van der Waals surface area contributed by atoms with Crippen LogP contribution in [0.5, 0.6) is 0 Å². The van der Waals surface area contributed by atoms with E-state index in [4.69, 9.17) is 14.5 Å². The predicted octanol–water partition coefficient (Wildman–Crippen LogP) is 3.08. The van der Waals surface area contributed by atoms with Gasteiger partial charge in [0.15, 0.2) is 12.1 Å². The van der Waals surface area contributed by atoms with Crippen molar-refractivity contribution in [3.8, 4) is 0 Å². The normalized spacial score (nSPS) is 23.2. The van der Waals surface area contributed by atoms with Gasteiger partial charge in [-0.25, -0.2) is 9.79 Å². The molecule has 4 heterocycles. The number of hydrogen-bond donors (Lipinski definition) is 0. The molecule has 1 amide bonds. The van der Waals surface area contributed by atoms with Gasteiger partial charge in [0.1, 0.15) is 11.4 Å². The number of morpholine rings is 1. The van der Waals surface area contributed by atoms with Gasteiger partial charge >= 0.3 is 6.09 Å². The lowest BCUT2D eigenvalue weighted by atomic mass is 10.1. The van der Waals surface area contributed by atoms with Crippen molar-refractivity contribution >= 4 is 17.6 Å². The molecule has 1 aromatic carbocycles. The first-order valence-corrected chi connectivity index (χ1v) is 14.8. The van der Waals surface area contributed by atoms with Crippen molar-refractivity contribution in [2.24, 2.45) is 4.99 Å². The highest BCUT2D eigenvalue weighted by Crippen LogP contribution is 2.31. The topological polar surface area (TPSA) is 67.3 Å². The number of aliphatic imine (C=N–C) groups is 1. The molecular weight excluding hydrogens is 525 g/mol. The number of aryl methyl sites for hydroxylation is 1. The summed E-state index contributed by atoms with van der Waals surface area (Å²) >= 11 is 0. The summed E-state index contributed by atoms with van der Waals surface area (Å²) < 4.78 is 27.5. The maximum absolute atomic E-state index is 16.4. The van der Waals surface area contributed by atoms with Gasteiger partial charge in [-0.1, -0.05) is 12.1 Å². The molecule has 0 spiro atoms. The zero-order valence-corrected chi connectivity index (χ0v) is 25.5. The SMILES string of the molecule is Cc1cccc(N2CCN(C3N=C(N4CCOCC4)C(F)=C(N4CCN(C(=O)OC(C)(C)C)CC4)N3C)CC2)c1C. The summed E-state index contributed by atoms with van der Waals surface area (Å²) in [6.07, 6.45) is -0.634. The summed E-state index contributed by atoms with van der Waals surface area (Å²) in [7, 11) is 1.94. The number of rotatable bonds is 3. The predicted molar refractivity (Wildman–Crippen MR) is 159 cm³/mol. The zero-order valence-electron chi connectivity index (χ0n) is 25.5. The lowest BCUT2D eigenvalue weighted by molar-refractivity contribution is 0.00793. The molecule has 1 aromatic rings. The van der Waals surface area contributed by atoms with E-state index in [-0.39, 0.29) is 18.2 Å². The Labute approximate surface area is 243 Å². The second-order valence-corrected chi connectivity index (χ2v) is 12.3. The minimum Gasteiger partial charge on any atom is -0.444 e. The Hall–Kier alpha value is -3.05. The van der Waals surface area contributed by atoms with E-state index in [0.29, 0.717) is 64.1 Å². The van der Waals surface area contributed by atoms with Gasteiger partial charge in [-0.05, 0) is 51.8 Å². The monoisotopic (exact) mass is 571 g/mol. The van der Waals surface area contributed by atoms with Gasteiger partial charge in [0.2, 0.25) is 5.83 Å². The Bertz CT molecular complexity index is 1160. The summed E-state index contributed by atoms with van der Waals surface area (Å²) in [6, 6.07) is 6.48. The van der Waals surface area contributed by atoms with Crippen LogP contribution in [0, 0.1) is 13.8 Å². The van der Waals surface area contributed by atoms with E-state index < -0.39 is 5.60 Å². The third-order valence-corrected chi connectivity index (χ3v) is 8.41. The van der Waals surface area contributed by atoms with Gasteiger partial charge in [-0.2, -0.15) is 4.39 Å². The van der Waals surface area contributed by atoms with Crippen LogP contribution in [0.1, 0.15) is 31.9 Å². The smallest absolute Gasteiger partial charge is 0.410 e. The maximum atomic E-state index is 16.4. The third kappa shape index (κ3) is 6.40. The molecule has 1 atom stereocenters. The molecule has 0 radical (unpaired) electrons. The van der Waals surface area contributed by atoms with Crippen molar-refractivity contribution in [3.05, 3.63) is 41.0 Å². The number of benzene rings is 1. The first-order chi connectivity index (χ1) is 19.5. The van der Waals surface area contributed by atoms with E-state index in [0.717, 1.165) is 26.2 Å². The average molecular weight is 572 g/mol. The van der Waals surface area contributed by atoms with E-state index in [1.54, 1.807) is 4.90 Å². The number of carbonyl (C=O) groups excluding carboxylic acids is 1. The van der Waals surface area contributed by atoms with Crippen LogP contribution in [0.4, 0.5) is 14.9 Å². The van der Waals surface area contributed by atoms with Gasteiger partial charge in [-0.15, -0.1) is 0 Å². The number of hydrogen-bond acceptors (Lipinski definition) is 9. The second kappa shape index (κ2) is 12.1. The summed E-state index contributed by atoms with van der Waals surface area (Å²) in [5.41, 5.74) is 3.36. The molecule has 4 aliphatic heterocycles. The lowest BCUT2D eigenvalue weighted by Crippen LogP contribution is -2.60. The highest BCUT2D eigenvalue weighted by atomic mass is 19.1. The first kappa shape index (κ1) is 29.4. The summed E-state index contributed by atoms with van der Waals surface area (Å²) in [5.74, 6) is 0.663. The van der Waals surface area contributed by atoms with Crippen molar-refractivity contribution in [1.29, 1.82) is 0 Å². The maximum Gasteiger partial charge on any atom is 0.410 e. The van der Waals surface area contributed by atoms with Crippen LogP contribution >= 0.6 is 0 Å². The van der Waals surface area contributed by atoms with Crippen molar-refractivity contribution < 1.29 is 18.7 Å². The average Bonchev–Trinajstić information content (AvgIpc) is 2.95. The van der Waals surface area contributed by atoms with Gasteiger partial charge in [0.25, 0.3) is 0 Å². The van der Waals surface area contributed by atoms with Crippen molar-refractivity contribution in [3.63, 3.8) is 0 Å². The van der Waals surface area contributed by atoms with Crippen LogP contribution in [0.15, 0.2) is 34.8 Å². The molecule has 3 saturated heterocycles. The molecule has 11 heteroatoms. The molecule has 3 fully saturated rings. The molecule has 1 unspecified atom stereocenters. The molecule has 41 heavy (non-hydrogen) atoms. The van der Waals surface area contributed by atoms with Crippen LogP contribution in [0.25, 0.3) is 0 Å². The van der Waals surface area contributed by atoms with Crippen LogP contribution in [-0.2, 0) is 9.47 Å². The van der Waals surface area contributed by atoms with Crippen molar-refractivity contribution in [2.45, 2.75) is 46.5 Å². The molecular formula is C30H46FN7O3. The Kier molecular flexibility index (Phi) is 8.65.